The summed E-state index contributed by atoms with van der Waals surface area (Å²) in [5.41, 5.74) is 2.48. The van der Waals surface area contributed by atoms with Gasteiger partial charge in [-0.2, -0.15) is 4.31 Å². The Hall–Kier alpha value is -1.72. The Morgan fingerprint density at radius 2 is 1.60 bits per heavy atom. The number of aryl methyl sites for hydroxylation is 1. The normalized spacial score (nSPS) is 12.1. The Morgan fingerprint density at radius 3 is 2.10 bits per heavy atom. The highest BCUT2D eigenvalue weighted by atomic mass is 127. The second kappa shape index (κ2) is 11.6. The van der Waals surface area contributed by atoms with Crippen LogP contribution in [0.3, 0.4) is 0 Å². The van der Waals surface area contributed by atoms with Crippen LogP contribution in [0.4, 0.5) is 4.39 Å². The SMILES string of the molecule is CN=C(NCc1ccc(S(=O)(=O)N(C)C(C)C)cc1)NCc1ccc(F)c(C)c1.I. The first kappa shape index (κ1) is 26.3. The lowest BCUT2D eigenvalue weighted by Gasteiger charge is -2.21. The molecule has 6 nitrogen and oxygen atoms in total. The highest BCUT2D eigenvalue weighted by Crippen LogP contribution is 2.17. The van der Waals surface area contributed by atoms with Crippen LogP contribution < -0.4 is 10.6 Å². The molecule has 0 saturated carbocycles. The second-order valence-corrected chi connectivity index (χ2v) is 9.12. The van der Waals surface area contributed by atoms with E-state index in [9.17, 15) is 12.8 Å². The fourth-order valence-electron chi connectivity index (χ4n) is 2.63. The summed E-state index contributed by atoms with van der Waals surface area (Å²) in [4.78, 5) is 4.45. The number of hydrogen-bond donors (Lipinski definition) is 2. The van der Waals surface area contributed by atoms with Gasteiger partial charge in [0.1, 0.15) is 5.82 Å². The average Bonchev–Trinajstić information content (AvgIpc) is 2.70. The number of sulfonamides is 1. The molecule has 0 aromatic heterocycles. The maximum atomic E-state index is 13.4. The van der Waals surface area contributed by atoms with Gasteiger partial charge in [-0.05, 0) is 55.7 Å². The Morgan fingerprint density at radius 1 is 1.07 bits per heavy atom. The van der Waals surface area contributed by atoms with Gasteiger partial charge in [-0.1, -0.05) is 24.3 Å². The van der Waals surface area contributed by atoms with Crippen molar-refractivity contribution >= 4 is 40.0 Å². The summed E-state index contributed by atoms with van der Waals surface area (Å²) >= 11 is 0. The lowest BCUT2D eigenvalue weighted by molar-refractivity contribution is 0.410. The lowest BCUT2D eigenvalue weighted by atomic mass is 10.1. The number of hydrogen-bond acceptors (Lipinski definition) is 3. The van der Waals surface area contributed by atoms with Crippen LogP contribution in [0.5, 0.6) is 0 Å². The number of benzene rings is 2. The van der Waals surface area contributed by atoms with Crippen molar-refractivity contribution in [2.24, 2.45) is 4.99 Å². The summed E-state index contributed by atoms with van der Waals surface area (Å²) in [6.45, 7) is 6.40. The highest BCUT2D eigenvalue weighted by Gasteiger charge is 2.22. The average molecular weight is 548 g/mol. The van der Waals surface area contributed by atoms with Crippen molar-refractivity contribution in [3.8, 4) is 0 Å². The molecule has 2 N–H and O–H groups in total. The molecule has 0 atom stereocenters. The monoisotopic (exact) mass is 548 g/mol. The zero-order valence-corrected chi connectivity index (χ0v) is 21.1. The van der Waals surface area contributed by atoms with E-state index in [4.69, 9.17) is 0 Å². The van der Waals surface area contributed by atoms with Crippen LogP contribution in [0, 0.1) is 12.7 Å². The van der Waals surface area contributed by atoms with Gasteiger partial charge in [0.05, 0.1) is 4.90 Å². The van der Waals surface area contributed by atoms with Gasteiger partial charge in [0.15, 0.2) is 5.96 Å². The fourth-order valence-corrected chi connectivity index (χ4v) is 4.00. The van der Waals surface area contributed by atoms with E-state index >= 15 is 0 Å². The lowest BCUT2D eigenvalue weighted by Crippen LogP contribution is -2.36. The first-order valence-corrected chi connectivity index (χ1v) is 10.9. The topological polar surface area (TPSA) is 73.8 Å². The van der Waals surface area contributed by atoms with E-state index in [0.29, 0.717) is 24.6 Å². The molecule has 0 fully saturated rings. The zero-order chi connectivity index (χ0) is 21.6. The number of guanidine groups is 1. The largest absolute Gasteiger partial charge is 0.352 e. The van der Waals surface area contributed by atoms with Gasteiger partial charge < -0.3 is 10.6 Å². The van der Waals surface area contributed by atoms with Gasteiger partial charge in [-0.15, -0.1) is 24.0 Å². The molecule has 30 heavy (non-hydrogen) atoms. The van der Waals surface area contributed by atoms with Gasteiger partial charge in [-0.3, -0.25) is 4.99 Å². The molecule has 166 valence electrons. The quantitative estimate of drug-likeness (QED) is 0.315. The molecule has 2 aromatic carbocycles. The van der Waals surface area contributed by atoms with E-state index in [0.717, 1.165) is 11.1 Å². The predicted octanol–water partition coefficient (Wildman–Crippen LogP) is 3.65. The summed E-state index contributed by atoms with van der Waals surface area (Å²) in [6.07, 6.45) is 0. The minimum Gasteiger partial charge on any atom is -0.352 e. The number of nitrogens with zero attached hydrogens (tertiary/aromatic N) is 2. The first-order chi connectivity index (χ1) is 13.6. The Labute approximate surface area is 196 Å². The molecule has 2 rings (SSSR count). The Balaban J connectivity index is 0.00000450. The van der Waals surface area contributed by atoms with E-state index in [1.807, 2.05) is 13.8 Å². The van der Waals surface area contributed by atoms with Crippen molar-refractivity contribution in [3.63, 3.8) is 0 Å². The minimum atomic E-state index is -3.49. The van der Waals surface area contributed by atoms with Gasteiger partial charge in [0, 0.05) is 33.2 Å². The van der Waals surface area contributed by atoms with Crippen LogP contribution in [0.2, 0.25) is 0 Å². The molecule has 0 aliphatic carbocycles. The molecule has 0 bridgehead atoms. The van der Waals surface area contributed by atoms with E-state index in [2.05, 4.69) is 15.6 Å². The van der Waals surface area contributed by atoms with Gasteiger partial charge in [0.2, 0.25) is 10.0 Å². The predicted molar refractivity (Wildman–Crippen MR) is 130 cm³/mol. The molecular weight excluding hydrogens is 518 g/mol. The van der Waals surface area contributed by atoms with Crippen molar-refractivity contribution in [2.45, 2.75) is 44.8 Å². The van der Waals surface area contributed by atoms with Gasteiger partial charge in [0.25, 0.3) is 0 Å². The van der Waals surface area contributed by atoms with Crippen molar-refractivity contribution in [3.05, 3.63) is 65.0 Å². The van der Waals surface area contributed by atoms with Crippen LogP contribution in [0.25, 0.3) is 0 Å². The summed E-state index contributed by atoms with van der Waals surface area (Å²) in [5.74, 6) is 0.379. The third-order valence-electron chi connectivity index (χ3n) is 4.69. The van der Waals surface area contributed by atoms with Crippen LogP contribution in [-0.4, -0.2) is 38.8 Å². The van der Waals surface area contributed by atoms with Crippen LogP contribution >= 0.6 is 24.0 Å². The number of rotatable bonds is 7. The molecule has 0 unspecified atom stereocenters. The summed E-state index contributed by atoms with van der Waals surface area (Å²) in [6, 6.07) is 11.7. The van der Waals surface area contributed by atoms with E-state index in [-0.39, 0.29) is 40.7 Å². The van der Waals surface area contributed by atoms with Crippen LogP contribution in [0.15, 0.2) is 52.4 Å². The molecule has 9 heteroatoms. The summed E-state index contributed by atoms with van der Waals surface area (Å²) < 4.78 is 39.8. The van der Waals surface area contributed by atoms with Crippen molar-refractivity contribution in [1.29, 1.82) is 0 Å². The zero-order valence-electron chi connectivity index (χ0n) is 17.9. The molecule has 0 aliphatic rings. The summed E-state index contributed by atoms with van der Waals surface area (Å²) in [7, 11) is -0.240. The van der Waals surface area contributed by atoms with E-state index in [1.54, 1.807) is 57.4 Å². The molecule has 0 radical (unpaired) electrons. The minimum absolute atomic E-state index is 0. The van der Waals surface area contributed by atoms with Crippen molar-refractivity contribution in [2.75, 3.05) is 14.1 Å². The molecule has 0 saturated heterocycles. The number of halogens is 2. The van der Waals surface area contributed by atoms with Crippen molar-refractivity contribution < 1.29 is 12.8 Å². The van der Waals surface area contributed by atoms with Crippen LogP contribution in [-0.2, 0) is 23.1 Å². The third-order valence-corrected chi connectivity index (χ3v) is 6.74. The van der Waals surface area contributed by atoms with Gasteiger partial charge >= 0.3 is 0 Å². The Kier molecular flexibility index (Phi) is 10.2. The smallest absolute Gasteiger partial charge is 0.243 e. The first-order valence-electron chi connectivity index (χ1n) is 9.41. The van der Waals surface area contributed by atoms with Crippen molar-refractivity contribution in [1.82, 2.24) is 14.9 Å². The number of aliphatic imine (C=N–C) groups is 1. The third kappa shape index (κ3) is 6.92. The highest BCUT2D eigenvalue weighted by molar-refractivity contribution is 14.0. The van der Waals surface area contributed by atoms with E-state index < -0.39 is 10.0 Å². The van der Waals surface area contributed by atoms with Crippen LogP contribution in [0.1, 0.15) is 30.5 Å². The molecule has 0 spiro atoms. The fraction of sp³-hybridized carbons (Fsp3) is 0.381. The molecule has 0 amide bonds. The summed E-state index contributed by atoms with van der Waals surface area (Å²) in [5, 5.41) is 6.37. The maximum Gasteiger partial charge on any atom is 0.243 e. The molecule has 0 aliphatic heterocycles. The molecular formula is C21H30FIN4O2S. The Bertz CT molecular complexity index is 963. The van der Waals surface area contributed by atoms with E-state index in [1.165, 1.54) is 10.4 Å². The number of nitrogens with one attached hydrogen (secondary N) is 2. The second-order valence-electron chi connectivity index (χ2n) is 7.12. The molecule has 2 aromatic rings. The standard InChI is InChI=1S/C21H29FN4O2S.HI/c1-15(2)26(5)29(27,28)19-9-6-17(7-10-19)13-24-21(23-4)25-14-18-8-11-20(22)16(3)12-18;/h6-12,15H,13-14H2,1-5H3,(H2,23,24,25);1H. The molecule has 0 heterocycles. The van der Waals surface area contributed by atoms with Gasteiger partial charge in [-0.25, -0.2) is 12.8 Å². The maximum absolute atomic E-state index is 13.4.